The Morgan fingerprint density at radius 2 is 1.82 bits per heavy atom. The molecule has 2 aliphatic rings. The van der Waals surface area contributed by atoms with Crippen molar-refractivity contribution < 1.29 is 19.4 Å². The summed E-state index contributed by atoms with van der Waals surface area (Å²) in [6, 6.07) is 0. The molecular weight excluding hydrogens is 282 g/mol. The van der Waals surface area contributed by atoms with Crippen molar-refractivity contribution in [2.45, 2.75) is 64.2 Å². The first-order valence-corrected chi connectivity index (χ1v) is 8.70. The van der Waals surface area contributed by atoms with E-state index in [2.05, 4.69) is 5.32 Å². The summed E-state index contributed by atoms with van der Waals surface area (Å²) in [6.07, 6.45) is 9.04. The fraction of sp³-hybridized carbons (Fsp3) is 0.882. The van der Waals surface area contributed by atoms with Crippen LogP contribution >= 0.6 is 0 Å². The Morgan fingerprint density at radius 1 is 1.14 bits per heavy atom. The van der Waals surface area contributed by atoms with Gasteiger partial charge < -0.3 is 15.2 Å². The lowest BCUT2D eigenvalue weighted by Gasteiger charge is -2.33. The highest BCUT2D eigenvalue weighted by atomic mass is 16.5. The van der Waals surface area contributed by atoms with Gasteiger partial charge in [0.2, 0.25) is 5.91 Å². The van der Waals surface area contributed by atoms with Crippen LogP contribution in [-0.2, 0) is 14.3 Å². The molecule has 0 aromatic heterocycles. The van der Waals surface area contributed by atoms with Gasteiger partial charge in [-0.2, -0.15) is 0 Å². The minimum atomic E-state index is -0.755. The van der Waals surface area contributed by atoms with E-state index in [-0.39, 0.29) is 5.91 Å². The van der Waals surface area contributed by atoms with Gasteiger partial charge in [0, 0.05) is 26.2 Å². The highest BCUT2D eigenvalue weighted by molar-refractivity contribution is 5.79. The van der Waals surface area contributed by atoms with Crippen molar-refractivity contribution in [2.75, 3.05) is 19.8 Å². The van der Waals surface area contributed by atoms with Crippen LogP contribution in [0.3, 0.4) is 0 Å². The molecule has 0 aromatic rings. The van der Waals surface area contributed by atoms with Crippen LogP contribution in [0, 0.1) is 11.3 Å². The van der Waals surface area contributed by atoms with Crippen LogP contribution in [0.2, 0.25) is 0 Å². The quantitative estimate of drug-likeness (QED) is 0.758. The molecule has 2 N–H and O–H groups in total. The number of rotatable bonds is 7. The van der Waals surface area contributed by atoms with E-state index >= 15 is 0 Å². The number of nitrogens with one attached hydrogen (secondary N) is 1. The summed E-state index contributed by atoms with van der Waals surface area (Å²) in [4.78, 5) is 23.5. The van der Waals surface area contributed by atoms with Gasteiger partial charge in [-0.3, -0.25) is 9.59 Å². The second kappa shape index (κ2) is 8.51. The molecule has 0 spiro atoms. The summed E-state index contributed by atoms with van der Waals surface area (Å²) in [5, 5.41) is 12.4. The first-order valence-electron chi connectivity index (χ1n) is 8.70. The molecule has 1 amide bonds. The molecule has 0 unspecified atom stereocenters. The predicted octanol–water partition coefficient (Wildman–Crippen LogP) is 2.73. The third-order valence-corrected chi connectivity index (χ3v) is 5.25. The molecule has 0 atom stereocenters. The fourth-order valence-corrected chi connectivity index (χ4v) is 3.64. The van der Waals surface area contributed by atoms with Gasteiger partial charge in [0.1, 0.15) is 0 Å². The number of hydrogen-bond acceptors (Lipinski definition) is 3. The molecule has 2 fully saturated rings. The van der Waals surface area contributed by atoms with E-state index in [1.54, 1.807) is 0 Å². The Hall–Kier alpha value is -1.10. The van der Waals surface area contributed by atoms with Crippen LogP contribution in [0.1, 0.15) is 64.2 Å². The molecule has 22 heavy (non-hydrogen) atoms. The summed E-state index contributed by atoms with van der Waals surface area (Å²) in [5.74, 6) is -0.0711. The van der Waals surface area contributed by atoms with Crippen LogP contribution in [-0.4, -0.2) is 36.7 Å². The fourth-order valence-electron chi connectivity index (χ4n) is 3.64. The largest absolute Gasteiger partial charge is 0.481 e. The molecule has 1 aliphatic heterocycles. The third-order valence-electron chi connectivity index (χ3n) is 5.25. The van der Waals surface area contributed by atoms with Gasteiger partial charge in [0.15, 0.2) is 0 Å². The number of ether oxygens (including phenoxy) is 1. The predicted molar refractivity (Wildman–Crippen MR) is 83.6 cm³/mol. The van der Waals surface area contributed by atoms with Gasteiger partial charge in [-0.15, -0.1) is 0 Å². The van der Waals surface area contributed by atoms with Crippen LogP contribution in [0.4, 0.5) is 0 Å². The zero-order valence-corrected chi connectivity index (χ0v) is 13.4. The van der Waals surface area contributed by atoms with E-state index in [1.165, 1.54) is 0 Å². The molecule has 5 heteroatoms. The Morgan fingerprint density at radius 3 is 2.45 bits per heavy atom. The van der Waals surface area contributed by atoms with E-state index < -0.39 is 11.4 Å². The summed E-state index contributed by atoms with van der Waals surface area (Å²) in [7, 11) is 0. The number of hydrogen-bond donors (Lipinski definition) is 2. The molecule has 1 saturated carbocycles. The maximum Gasteiger partial charge on any atom is 0.311 e. The smallest absolute Gasteiger partial charge is 0.311 e. The van der Waals surface area contributed by atoms with Crippen molar-refractivity contribution in [3.8, 4) is 0 Å². The number of amides is 1. The highest BCUT2D eigenvalue weighted by Gasteiger charge is 2.39. The molecule has 0 aromatic carbocycles. The molecule has 5 nitrogen and oxygen atoms in total. The first-order chi connectivity index (χ1) is 10.6. The summed E-state index contributed by atoms with van der Waals surface area (Å²) < 4.78 is 5.33. The van der Waals surface area contributed by atoms with Crippen molar-refractivity contribution in [1.82, 2.24) is 5.32 Å². The normalized spacial score (nSPS) is 22.2. The lowest BCUT2D eigenvalue weighted by molar-refractivity contribution is -0.151. The standard InChI is InChI=1S/C17H29NO4/c19-15(6-4-5-14-7-11-22-12-8-14)18-13-17(16(20)21)9-2-1-3-10-17/h14H,1-13H2,(H,18,19)(H,20,21). The van der Waals surface area contributed by atoms with Crippen LogP contribution < -0.4 is 5.32 Å². The van der Waals surface area contributed by atoms with Gasteiger partial charge >= 0.3 is 5.97 Å². The van der Waals surface area contributed by atoms with Crippen molar-refractivity contribution in [3.05, 3.63) is 0 Å². The highest BCUT2D eigenvalue weighted by Crippen LogP contribution is 2.36. The first kappa shape index (κ1) is 17.3. The van der Waals surface area contributed by atoms with Gasteiger partial charge in [-0.1, -0.05) is 19.3 Å². The monoisotopic (exact) mass is 311 g/mol. The lowest BCUT2D eigenvalue weighted by Crippen LogP contribution is -2.44. The number of carboxylic acids is 1. The molecule has 0 radical (unpaired) electrons. The number of carbonyl (C=O) groups excluding carboxylic acids is 1. The SMILES string of the molecule is O=C(CCCC1CCOCC1)NCC1(C(=O)O)CCCCC1. The summed E-state index contributed by atoms with van der Waals surface area (Å²) in [5.41, 5.74) is -0.728. The Balaban J connectivity index is 1.66. The average molecular weight is 311 g/mol. The van der Waals surface area contributed by atoms with Crippen molar-refractivity contribution in [2.24, 2.45) is 11.3 Å². The summed E-state index contributed by atoms with van der Waals surface area (Å²) in [6.45, 7) is 1.98. The third kappa shape index (κ3) is 4.97. The number of carbonyl (C=O) groups is 2. The minimum Gasteiger partial charge on any atom is -0.481 e. The lowest BCUT2D eigenvalue weighted by atomic mass is 9.74. The Bertz CT molecular complexity index is 371. The molecular formula is C17H29NO4. The van der Waals surface area contributed by atoms with Crippen molar-refractivity contribution in [3.63, 3.8) is 0 Å². The Labute approximate surface area is 132 Å². The Kier molecular flexibility index (Phi) is 6.68. The second-order valence-electron chi connectivity index (χ2n) is 6.87. The molecule has 126 valence electrons. The molecule has 2 rings (SSSR count). The van der Waals surface area contributed by atoms with Crippen LogP contribution in [0.25, 0.3) is 0 Å². The van der Waals surface area contributed by atoms with Crippen LogP contribution in [0.5, 0.6) is 0 Å². The van der Waals surface area contributed by atoms with Gasteiger partial charge in [0.05, 0.1) is 5.41 Å². The van der Waals surface area contributed by atoms with E-state index in [9.17, 15) is 14.7 Å². The van der Waals surface area contributed by atoms with E-state index in [0.29, 0.717) is 31.7 Å². The maximum absolute atomic E-state index is 12.0. The van der Waals surface area contributed by atoms with E-state index in [4.69, 9.17) is 4.74 Å². The van der Waals surface area contributed by atoms with Gasteiger partial charge in [0.25, 0.3) is 0 Å². The van der Waals surface area contributed by atoms with Crippen LogP contribution in [0.15, 0.2) is 0 Å². The minimum absolute atomic E-state index is 0.00161. The average Bonchev–Trinajstić information content (AvgIpc) is 2.55. The van der Waals surface area contributed by atoms with Crippen molar-refractivity contribution in [1.29, 1.82) is 0 Å². The number of aliphatic carboxylic acids is 1. The van der Waals surface area contributed by atoms with Gasteiger partial charge in [-0.25, -0.2) is 0 Å². The molecule has 1 saturated heterocycles. The summed E-state index contributed by atoms with van der Waals surface area (Å²) >= 11 is 0. The van der Waals surface area contributed by atoms with Crippen molar-refractivity contribution >= 4 is 11.9 Å². The van der Waals surface area contributed by atoms with Gasteiger partial charge in [-0.05, 0) is 44.4 Å². The zero-order valence-electron chi connectivity index (χ0n) is 13.4. The second-order valence-corrected chi connectivity index (χ2v) is 6.87. The molecule has 0 bridgehead atoms. The number of carboxylic acid groups (broad SMARTS) is 1. The molecule has 1 aliphatic carbocycles. The maximum atomic E-state index is 12.0. The molecule has 1 heterocycles. The van der Waals surface area contributed by atoms with E-state index in [1.807, 2.05) is 0 Å². The zero-order chi connectivity index (χ0) is 15.8. The van der Waals surface area contributed by atoms with E-state index in [0.717, 1.165) is 58.2 Å². The topological polar surface area (TPSA) is 75.6 Å².